The van der Waals surface area contributed by atoms with Gasteiger partial charge in [-0.2, -0.15) is 0 Å². The van der Waals surface area contributed by atoms with E-state index in [2.05, 4.69) is 17.2 Å². The van der Waals surface area contributed by atoms with Crippen LogP contribution in [-0.2, 0) is 6.54 Å². The Morgan fingerprint density at radius 1 is 1.40 bits per heavy atom. The molecule has 0 bridgehead atoms. The van der Waals surface area contributed by atoms with Crippen molar-refractivity contribution < 1.29 is 4.39 Å². The minimum absolute atomic E-state index is 0.252. The van der Waals surface area contributed by atoms with Crippen LogP contribution in [0.4, 0.5) is 4.39 Å². The van der Waals surface area contributed by atoms with E-state index in [1.807, 2.05) is 12.3 Å². The summed E-state index contributed by atoms with van der Waals surface area (Å²) in [7, 11) is 0. The molecule has 0 unspecified atom stereocenters. The molecule has 1 aromatic heterocycles. The SMILES string of the molecule is CCCn1cc(-c2cccc(F)c2)nn1. The summed E-state index contributed by atoms with van der Waals surface area (Å²) in [5.41, 5.74) is 1.47. The van der Waals surface area contributed by atoms with Crippen LogP contribution in [0.3, 0.4) is 0 Å². The van der Waals surface area contributed by atoms with Crippen LogP contribution in [-0.4, -0.2) is 15.0 Å². The highest BCUT2D eigenvalue weighted by Gasteiger charge is 2.03. The minimum Gasteiger partial charge on any atom is -0.252 e. The van der Waals surface area contributed by atoms with Crippen molar-refractivity contribution in [1.82, 2.24) is 15.0 Å². The van der Waals surface area contributed by atoms with Crippen molar-refractivity contribution in [3.63, 3.8) is 0 Å². The first-order chi connectivity index (χ1) is 7.29. The molecule has 0 aliphatic heterocycles. The van der Waals surface area contributed by atoms with E-state index in [0.717, 1.165) is 18.5 Å². The third kappa shape index (κ3) is 2.21. The van der Waals surface area contributed by atoms with Gasteiger partial charge in [0.05, 0.1) is 6.20 Å². The van der Waals surface area contributed by atoms with E-state index >= 15 is 0 Å². The molecule has 0 aliphatic carbocycles. The van der Waals surface area contributed by atoms with Gasteiger partial charge in [0.2, 0.25) is 0 Å². The maximum absolute atomic E-state index is 13.0. The average molecular weight is 205 g/mol. The minimum atomic E-state index is -0.252. The van der Waals surface area contributed by atoms with Crippen LogP contribution in [0, 0.1) is 5.82 Å². The summed E-state index contributed by atoms with van der Waals surface area (Å²) in [4.78, 5) is 0. The van der Waals surface area contributed by atoms with Crippen LogP contribution in [0.25, 0.3) is 11.3 Å². The second kappa shape index (κ2) is 4.21. The second-order valence-electron chi connectivity index (χ2n) is 3.38. The van der Waals surface area contributed by atoms with Gasteiger partial charge in [0, 0.05) is 12.1 Å². The summed E-state index contributed by atoms with van der Waals surface area (Å²) >= 11 is 0. The van der Waals surface area contributed by atoms with E-state index in [1.54, 1.807) is 10.7 Å². The zero-order valence-electron chi connectivity index (χ0n) is 8.52. The van der Waals surface area contributed by atoms with E-state index in [-0.39, 0.29) is 5.82 Å². The van der Waals surface area contributed by atoms with Gasteiger partial charge in [0.1, 0.15) is 11.5 Å². The standard InChI is InChI=1S/C11H12FN3/c1-2-6-15-8-11(13-14-15)9-4-3-5-10(12)7-9/h3-5,7-8H,2,6H2,1H3. The van der Waals surface area contributed by atoms with Gasteiger partial charge in [-0.1, -0.05) is 24.3 Å². The molecule has 0 spiro atoms. The van der Waals surface area contributed by atoms with Crippen LogP contribution in [0.1, 0.15) is 13.3 Å². The van der Waals surface area contributed by atoms with Crippen molar-refractivity contribution >= 4 is 0 Å². The maximum atomic E-state index is 13.0. The largest absolute Gasteiger partial charge is 0.252 e. The Labute approximate surface area is 87.5 Å². The lowest BCUT2D eigenvalue weighted by Gasteiger charge is -1.95. The fourth-order valence-electron chi connectivity index (χ4n) is 1.42. The molecule has 78 valence electrons. The molecule has 1 aromatic carbocycles. The van der Waals surface area contributed by atoms with E-state index in [0.29, 0.717) is 5.69 Å². The van der Waals surface area contributed by atoms with Crippen molar-refractivity contribution in [3.8, 4) is 11.3 Å². The average Bonchev–Trinajstić information content (AvgIpc) is 2.67. The molecule has 0 N–H and O–H groups in total. The van der Waals surface area contributed by atoms with Crippen molar-refractivity contribution in [3.05, 3.63) is 36.3 Å². The van der Waals surface area contributed by atoms with Crippen LogP contribution < -0.4 is 0 Å². The van der Waals surface area contributed by atoms with Crippen molar-refractivity contribution in [2.24, 2.45) is 0 Å². The highest BCUT2D eigenvalue weighted by molar-refractivity contribution is 5.57. The molecule has 0 amide bonds. The summed E-state index contributed by atoms with van der Waals surface area (Å²) in [6.07, 6.45) is 2.84. The fourth-order valence-corrected chi connectivity index (χ4v) is 1.42. The molecule has 0 fully saturated rings. The number of aromatic nitrogens is 3. The van der Waals surface area contributed by atoms with Crippen molar-refractivity contribution in [2.45, 2.75) is 19.9 Å². The highest BCUT2D eigenvalue weighted by Crippen LogP contribution is 2.16. The molecule has 2 aromatic rings. The number of hydrogen-bond donors (Lipinski definition) is 0. The van der Waals surface area contributed by atoms with Gasteiger partial charge in [-0.25, -0.2) is 4.39 Å². The summed E-state index contributed by atoms with van der Waals surface area (Å²) in [6.45, 7) is 2.91. The molecule has 2 rings (SSSR count). The van der Waals surface area contributed by atoms with Crippen molar-refractivity contribution in [2.75, 3.05) is 0 Å². The van der Waals surface area contributed by atoms with E-state index in [1.165, 1.54) is 12.1 Å². The predicted octanol–water partition coefficient (Wildman–Crippen LogP) is 2.49. The Morgan fingerprint density at radius 2 is 2.27 bits per heavy atom. The van der Waals surface area contributed by atoms with E-state index in [9.17, 15) is 4.39 Å². The molecule has 3 nitrogen and oxygen atoms in total. The Morgan fingerprint density at radius 3 is 3.00 bits per heavy atom. The maximum Gasteiger partial charge on any atom is 0.123 e. The lowest BCUT2D eigenvalue weighted by atomic mass is 10.2. The highest BCUT2D eigenvalue weighted by atomic mass is 19.1. The van der Waals surface area contributed by atoms with Gasteiger partial charge >= 0.3 is 0 Å². The molecule has 4 heteroatoms. The second-order valence-corrected chi connectivity index (χ2v) is 3.38. The molecule has 15 heavy (non-hydrogen) atoms. The number of hydrogen-bond acceptors (Lipinski definition) is 2. The van der Waals surface area contributed by atoms with Crippen LogP contribution in [0.15, 0.2) is 30.5 Å². The van der Waals surface area contributed by atoms with Gasteiger partial charge in [-0.3, -0.25) is 4.68 Å². The zero-order valence-corrected chi connectivity index (χ0v) is 8.52. The Balaban J connectivity index is 2.29. The normalized spacial score (nSPS) is 10.5. The number of benzene rings is 1. The Hall–Kier alpha value is -1.71. The molecule has 0 radical (unpaired) electrons. The van der Waals surface area contributed by atoms with Crippen LogP contribution >= 0.6 is 0 Å². The number of aryl methyl sites for hydroxylation is 1. The first-order valence-corrected chi connectivity index (χ1v) is 4.95. The van der Waals surface area contributed by atoms with Gasteiger partial charge < -0.3 is 0 Å². The monoisotopic (exact) mass is 205 g/mol. The molecular weight excluding hydrogens is 193 g/mol. The quantitative estimate of drug-likeness (QED) is 0.770. The number of nitrogens with zero attached hydrogens (tertiary/aromatic N) is 3. The molecule has 0 saturated carbocycles. The van der Waals surface area contributed by atoms with Gasteiger partial charge in [0.25, 0.3) is 0 Å². The summed E-state index contributed by atoms with van der Waals surface area (Å²) in [5.74, 6) is -0.252. The predicted molar refractivity (Wildman–Crippen MR) is 55.7 cm³/mol. The lowest BCUT2D eigenvalue weighted by Crippen LogP contribution is -1.96. The first kappa shape index (κ1) is 9.83. The van der Waals surface area contributed by atoms with Crippen LogP contribution in [0.2, 0.25) is 0 Å². The van der Waals surface area contributed by atoms with E-state index in [4.69, 9.17) is 0 Å². The molecular formula is C11H12FN3. The third-order valence-corrected chi connectivity index (χ3v) is 2.11. The molecule has 0 atom stereocenters. The van der Waals surface area contributed by atoms with Crippen molar-refractivity contribution in [1.29, 1.82) is 0 Å². The first-order valence-electron chi connectivity index (χ1n) is 4.95. The molecule has 0 aliphatic rings. The number of rotatable bonds is 3. The summed E-state index contributed by atoms with van der Waals surface area (Å²) in [6, 6.07) is 6.37. The van der Waals surface area contributed by atoms with Gasteiger partial charge in [0.15, 0.2) is 0 Å². The smallest absolute Gasteiger partial charge is 0.123 e. The van der Waals surface area contributed by atoms with E-state index < -0.39 is 0 Å². The lowest BCUT2D eigenvalue weighted by molar-refractivity contribution is 0.579. The van der Waals surface area contributed by atoms with Gasteiger partial charge in [-0.05, 0) is 18.6 Å². The zero-order chi connectivity index (χ0) is 10.7. The Kier molecular flexibility index (Phi) is 2.76. The number of halogens is 1. The topological polar surface area (TPSA) is 30.7 Å². The molecule has 1 heterocycles. The summed E-state index contributed by atoms with van der Waals surface area (Å²) < 4.78 is 14.7. The molecule has 0 saturated heterocycles. The fraction of sp³-hybridized carbons (Fsp3) is 0.273. The Bertz CT molecular complexity index is 451. The van der Waals surface area contributed by atoms with Crippen LogP contribution in [0.5, 0.6) is 0 Å². The van der Waals surface area contributed by atoms with Gasteiger partial charge in [-0.15, -0.1) is 5.10 Å². The summed E-state index contributed by atoms with van der Waals surface area (Å²) in [5, 5.41) is 7.95. The third-order valence-electron chi connectivity index (χ3n) is 2.11.